The van der Waals surface area contributed by atoms with Crippen molar-refractivity contribution < 1.29 is 19.1 Å². The molecule has 2 unspecified atom stereocenters. The first-order valence-corrected chi connectivity index (χ1v) is 6.84. The minimum atomic E-state index is -0.251. The molecule has 0 heterocycles. The molecule has 4 aliphatic rings. The summed E-state index contributed by atoms with van der Waals surface area (Å²) in [6.45, 7) is 2.97. The summed E-state index contributed by atoms with van der Waals surface area (Å²) < 4.78 is 11.1. The zero-order valence-electron chi connectivity index (χ0n) is 11.0. The van der Waals surface area contributed by atoms with E-state index in [4.69, 9.17) is 9.47 Å². The van der Waals surface area contributed by atoms with Crippen LogP contribution in [0.4, 0.5) is 0 Å². The molecule has 0 aromatic heterocycles. The molecule has 0 aromatic rings. The van der Waals surface area contributed by atoms with Crippen LogP contribution in [0, 0.1) is 17.8 Å². The van der Waals surface area contributed by atoms with E-state index >= 15 is 0 Å². The maximum Gasteiger partial charge on any atom is 0.303 e. The summed E-state index contributed by atoms with van der Waals surface area (Å²) in [5.74, 6) is 1.06. The van der Waals surface area contributed by atoms with Gasteiger partial charge in [0.25, 0.3) is 0 Å². The smallest absolute Gasteiger partial charge is 0.303 e. The van der Waals surface area contributed by atoms with E-state index in [-0.39, 0.29) is 23.6 Å². The molecule has 2 atom stereocenters. The number of hydrogen-bond donors (Lipinski definition) is 0. The summed E-state index contributed by atoms with van der Waals surface area (Å²) in [5, 5.41) is 0. The molecule has 100 valence electrons. The lowest BCUT2D eigenvalue weighted by molar-refractivity contribution is -0.213. The minimum Gasteiger partial charge on any atom is -0.462 e. The van der Waals surface area contributed by atoms with E-state index in [0.29, 0.717) is 17.8 Å². The highest BCUT2D eigenvalue weighted by molar-refractivity contribution is 5.67. The molecular weight excluding hydrogens is 232 g/mol. The minimum absolute atomic E-state index is 0.0581. The number of rotatable bonds is 2. The largest absolute Gasteiger partial charge is 0.462 e. The Balaban J connectivity index is 1.79. The fraction of sp³-hybridized carbons (Fsp3) is 0.857. The molecule has 4 fully saturated rings. The van der Waals surface area contributed by atoms with Gasteiger partial charge in [-0.1, -0.05) is 0 Å². The van der Waals surface area contributed by atoms with Gasteiger partial charge in [-0.3, -0.25) is 9.59 Å². The topological polar surface area (TPSA) is 52.6 Å². The highest BCUT2D eigenvalue weighted by Crippen LogP contribution is 2.58. The predicted octanol–water partition coefficient (Wildman–Crippen LogP) is 2.06. The molecule has 0 amide bonds. The van der Waals surface area contributed by atoms with Crippen molar-refractivity contribution in [1.29, 1.82) is 0 Å². The van der Waals surface area contributed by atoms with Crippen molar-refractivity contribution in [1.82, 2.24) is 0 Å². The van der Waals surface area contributed by atoms with Gasteiger partial charge in [0, 0.05) is 25.7 Å². The van der Waals surface area contributed by atoms with Crippen LogP contribution in [0.5, 0.6) is 0 Å². The van der Waals surface area contributed by atoms with E-state index in [1.807, 2.05) is 0 Å². The van der Waals surface area contributed by atoms with Gasteiger partial charge in [-0.05, 0) is 38.0 Å². The summed E-state index contributed by atoms with van der Waals surface area (Å²) in [7, 11) is 0. The molecule has 0 aromatic carbocycles. The fourth-order valence-corrected chi connectivity index (χ4v) is 4.72. The van der Waals surface area contributed by atoms with Gasteiger partial charge in [0.2, 0.25) is 0 Å². The molecule has 0 N–H and O–H groups in total. The van der Waals surface area contributed by atoms with Gasteiger partial charge >= 0.3 is 11.9 Å². The lowest BCUT2D eigenvalue weighted by atomic mass is 9.53. The molecule has 4 aliphatic carbocycles. The number of esters is 2. The summed E-state index contributed by atoms with van der Waals surface area (Å²) in [4.78, 5) is 22.5. The van der Waals surface area contributed by atoms with E-state index in [0.717, 1.165) is 32.1 Å². The van der Waals surface area contributed by atoms with Crippen LogP contribution in [-0.2, 0) is 19.1 Å². The SMILES string of the molecule is CC(=O)OC1C2CC3CC1CC(OC(C)=O)(C3)C2. The molecule has 18 heavy (non-hydrogen) atoms. The Hall–Kier alpha value is -1.06. The van der Waals surface area contributed by atoms with Crippen LogP contribution in [-0.4, -0.2) is 23.6 Å². The van der Waals surface area contributed by atoms with Gasteiger partial charge in [-0.25, -0.2) is 0 Å². The van der Waals surface area contributed by atoms with Crippen molar-refractivity contribution in [2.45, 2.75) is 57.7 Å². The van der Waals surface area contributed by atoms with E-state index < -0.39 is 0 Å². The van der Waals surface area contributed by atoms with Crippen LogP contribution in [0.25, 0.3) is 0 Å². The molecule has 0 aliphatic heterocycles. The zero-order valence-corrected chi connectivity index (χ0v) is 11.0. The molecule has 0 saturated heterocycles. The number of ether oxygens (including phenoxy) is 2. The van der Waals surface area contributed by atoms with E-state index in [1.54, 1.807) is 0 Å². The summed E-state index contributed by atoms with van der Waals surface area (Å²) in [5.41, 5.74) is -0.251. The quantitative estimate of drug-likeness (QED) is 0.706. The number of hydrogen-bond acceptors (Lipinski definition) is 4. The highest BCUT2D eigenvalue weighted by Gasteiger charge is 2.58. The van der Waals surface area contributed by atoms with Crippen LogP contribution >= 0.6 is 0 Å². The maximum atomic E-state index is 11.3. The Morgan fingerprint density at radius 3 is 2.11 bits per heavy atom. The Morgan fingerprint density at radius 1 is 1.00 bits per heavy atom. The van der Waals surface area contributed by atoms with Crippen LogP contribution in [0.2, 0.25) is 0 Å². The standard InChI is InChI=1S/C14H20O4/c1-8(15)17-13-11-3-10-4-12(13)7-14(5-10,6-11)18-9(2)16/h10-13H,3-7H2,1-2H3. The van der Waals surface area contributed by atoms with Crippen LogP contribution < -0.4 is 0 Å². The number of carbonyl (C=O) groups excluding carboxylic acids is 2. The van der Waals surface area contributed by atoms with Crippen molar-refractivity contribution in [2.24, 2.45) is 17.8 Å². The second-order valence-electron chi connectivity index (χ2n) is 6.32. The molecule has 4 saturated carbocycles. The van der Waals surface area contributed by atoms with Crippen LogP contribution in [0.1, 0.15) is 46.0 Å². The van der Waals surface area contributed by atoms with Crippen molar-refractivity contribution in [3.8, 4) is 0 Å². The fourth-order valence-electron chi connectivity index (χ4n) is 4.72. The summed E-state index contributed by atoms with van der Waals surface area (Å²) in [6.07, 6.45) is 5.05. The van der Waals surface area contributed by atoms with E-state index in [9.17, 15) is 9.59 Å². The highest BCUT2D eigenvalue weighted by atomic mass is 16.6. The van der Waals surface area contributed by atoms with Gasteiger partial charge in [-0.15, -0.1) is 0 Å². The van der Waals surface area contributed by atoms with Crippen LogP contribution in [0.15, 0.2) is 0 Å². The molecule has 4 heteroatoms. The van der Waals surface area contributed by atoms with Crippen molar-refractivity contribution >= 4 is 11.9 Å². The average molecular weight is 252 g/mol. The third-order valence-electron chi connectivity index (χ3n) is 4.79. The van der Waals surface area contributed by atoms with E-state index in [1.165, 1.54) is 13.8 Å². The summed E-state index contributed by atoms with van der Waals surface area (Å²) in [6, 6.07) is 0. The second kappa shape index (κ2) is 3.97. The molecule has 4 nitrogen and oxygen atoms in total. The predicted molar refractivity (Wildman–Crippen MR) is 63.6 cm³/mol. The second-order valence-corrected chi connectivity index (χ2v) is 6.32. The molecule has 4 bridgehead atoms. The zero-order chi connectivity index (χ0) is 12.9. The third kappa shape index (κ3) is 1.91. The Kier molecular flexibility index (Phi) is 2.65. The van der Waals surface area contributed by atoms with Gasteiger partial charge in [-0.2, -0.15) is 0 Å². The lowest BCUT2D eigenvalue weighted by Gasteiger charge is -2.58. The Morgan fingerprint density at radius 2 is 1.61 bits per heavy atom. The molecule has 0 radical (unpaired) electrons. The molecular formula is C14H20O4. The van der Waals surface area contributed by atoms with Crippen molar-refractivity contribution in [3.05, 3.63) is 0 Å². The van der Waals surface area contributed by atoms with Crippen molar-refractivity contribution in [3.63, 3.8) is 0 Å². The third-order valence-corrected chi connectivity index (χ3v) is 4.79. The lowest BCUT2D eigenvalue weighted by Crippen LogP contribution is -2.59. The van der Waals surface area contributed by atoms with Crippen molar-refractivity contribution in [2.75, 3.05) is 0 Å². The summed E-state index contributed by atoms with van der Waals surface area (Å²) >= 11 is 0. The molecule has 0 spiro atoms. The normalized spacial score (nSPS) is 44.8. The first-order valence-electron chi connectivity index (χ1n) is 6.84. The van der Waals surface area contributed by atoms with Gasteiger partial charge in [0.15, 0.2) is 0 Å². The first kappa shape index (κ1) is 12.0. The Labute approximate surface area is 107 Å². The monoisotopic (exact) mass is 252 g/mol. The first-order chi connectivity index (χ1) is 8.47. The average Bonchev–Trinajstić information content (AvgIpc) is 2.20. The van der Waals surface area contributed by atoms with Gasteiger partial charge < -0.3 is 9.47 Å². The molecule has 4 rings (SSSR count). The van der Waals surface area contributed by atoms with Crippen LogP contribution in [0.3, 0.4) is 0 Å². The maximum absolute atomic E-state index is 11.3. The Bertz CT molecular complexity index is 373. The van der Waals surface area contributed by atoms with Gasteiger partial charge in [0.1, 0.15) is 11.7 Å². The van der Waals surface area contributed by atoms with E-state index in [2.05, 4.69) is 0 Å². The number of carbonyl (C=O) groups is 2. The van der Waals surface area contributed by atoms with Gasteiger partial charge in [0.05, 0.1) is 0 Å².